The second-order valence-electron chi connectivity index (χ2n) is 4.86. The molecule has 0 aromatic heterocycles. The predicted molar refractivity (Wildman–Crippen MR) is 64.3 cm³/mol. The summed E-state index contributed by atoms with van der Waals surface area (Å²) in [6.45, 7) is 2.91. The van der Waals surface area contributed by atoms with Crippen molar-refractivity contribution in [3.8, 4) is 0 Å². The molecule has 0 radical (unpaired) electrons. The number of nitrogens with one attached hydrogen (secondary N) is 2. The maximum Gasteiger partial charge on any atom is 0.422 e. The standard InChI is InChI=1S/C11H18F3N3O3/c1-10(8(18)19,11(12,13)14)16-9(20)15-4-7-17-5-2-3-6-17/h2-7H2,1H3,(H,18,19)(H2,15,16,20). The van der Waals surface area contributed by atoms with Crippen LogP contribution in [0, 0.1) is 0 Å². The molecule has 0 spiro atoms. The largest absolute Gasteiger partial charge is 0.479 e. The summed E-state index contributed by atoms with van der Waals surface area (Å²) >= 11 is 0. The van der Waals surface area contributed by atoms with Crippen molar-refractivity contribution in [1.82, 2.24) is 15.5 Å². The van der Waals surface area contributed by atoms with Gasteiger partial charge >= 0.3 is 18.2 Å². The predicted octanol–water partition coefficient (Wildman–Crippen LogP) is 0.787. The maximum atomic E-state index is 12.7. The van der Waals surface area contributed by atoms with Crippen molar-refractivity contribution in [2.45, 2.75) is 31.5 Å². The number of halogens is 3. The van der Waals surface area contributed by atoms with Crippen LogP contribution in [0.5, 0.6) is 0 Å². The Kier molecular flexibility index (Phi) is 5.21. The molecule has 0 aromatic carbocycles. The minimum absolute atomic E-state index is 0.166. The Bertz CT molecular complexity index is 370. The van der Waals surface area contributed by atoms with E-state index in [0.717, 1.165) is 25.9 Å². The van der Waals surface area contributed by atoms with Gasteiger partial charge in [-0.25, -0.2) is 9.59 Å². The summed E-state index contributed by atoms with van der Waals surface area (Å²) in [5.41, 5.74) is -3.30. The van der Waals surface area contributed by atoms with Gasteiger partial charge in [0.1, 0.15) is 0 Å². The number of carboxylic acid groups (broad SMARTS) is 1. The number of alkyl halides is 3. The fourth-order valence-corrected chi connectivity index (χ4v) is 1.85. The van der Waals surface area contributed by atoms with E-state index in [1.165, 1.54) is 5.32 Å². The average molecular weight is 297 g/mol. The first-order valence-electron chi connectivity index (χ1n) is 6.25. The van der Waals surface area contributed by atoms with Gasteiger partial charge in [0.15, 0.2) is 0 Å². The van der Waals surface area contributed by atoms with Crippen molar-refractivity contribution < 1.29 is 27.9 Å². The molecular weight excluding hydrogens is 279 g/mol. The Morgan fingerprint density at radius 1 is 1.25 bits per heavy atom. The zero-order valence-electron chi connectivity index (χ0n) is 11.1. The molecule has 1 heterocycles. The number of carboxylic acids is 1. The summed E-state index contributed by atoms with van der Waals surface area (Å²) in [5.74, 6) is -2.15. The van der Waals surface area contributed by atoms with Crippen molar-refractivity contribution in [3.63, 3.8) is 0 Å². The SMILES string of the molecule is CC(NC(=O)NCCN1CCCC1)(C(=O)O)C(F)(F)F. The third kappa shape index (κ3) is 3.99. The number of hydrogen-bond acceptors (Lipinski definition) is 3. The van der Waals surface area contributed by atoms with E-state index in [0.29, 0.717) is 13.5 Å². The normalized spacial score (nSPS) is 19.4. The van der Waals surface area contributed by atoms with Gasteiger partial charge in [-0.05, 0) is 32.9 Å². The molecule has 0 aromatic rings. The number of aliphatic carboxylic acids is 1. The summed E-state index contributed by atoms with van der Waals surface area (Å²) in [4.78, 5) is 24.2. The Morgan fingerprint density at radius 2 is 1.80 bits per heavy atom. The summed E-state index contributed by atoms with van der Waals surface area (Å²) in [6, 6.07) is -1.15. The molecule has 0 saturated carbocycles. The number of rotatable bonds is 5. The molecule has 3 N–H and O–H groups in total. The van der Waals surface area contributed by atoms with Crippen LogP contribution in [0.3, 0.4) is 0 Å². The Labute approximate surface area is 114 Å². The molecule has 116 valence electrons. The number of carbonyl (C=O) groups is 2. The minimum atomic E-state index is -5.08. The molecule has 1 rings (SSSR count). The van der Waals surface area contributed by atoms with Crippen LogP contribution in [0.2, 0.25) is 0 Å². The fraction of sp³-hybridized carbons (Fsp3) is 0.818. The second kappa shape index (κ2) is 6.29. The highest BCUT2D eigenvalue weighted by atomic mass is 19.4. The van der Waals surface area contributed by atoms with Crippen LogP contribution in [0.4, 0.5) is 18.0 Å². The van der Waals surface area contributed by atoms with Crippen molar-refractivity contribution in [1.29, 1.82) is 0 Å². The summed E-state index contributed by atoms with van der Waals surface area (Å²) in [6.07, 6.45) is -2.94. The van der Waals surface area contributed by atoms with E-state index < -0.39 is 23.7 Å². The molecule has 20 heavy (non-hydrogen) atoms. The first kappa shape index (κ1) is 16.5. The number of nitrogens with zero attached hydrogens (tertiary/aromatic N) is 1. The molecular formula is C11H18F3N3O3. The Hall–Kier alpha value is -1.51. The molecule has 6 nitrogen and oxygen atoms in total. The third-order valence-corrected chi connectivity index (χ3v) is 3.27. The highest BCUT2D eigenvalue weighted by Crippen LogP contribution is 2.30. The fourth-order valence-electron chi connectivity index (χ4n) is 1.85. The monoisotopic (exact) mass is 297 g/mol. The van der Waals surface area contributed by atoms with Crippen molar-refractivity contribution in [2.75, 3.05) is 26.2 Å². The number of likely N-dealkylation sites (tertiary alicyclic amines) is 1. The lowest BCUT2D eigenvalue weighted by molar-refractivity contribution is -0.203. The van der Waals surface area contributed by atoms with E-state index in [1.54, 1.807) is 0 Å². The van der Waals surface area contributed by atoms with Crippen LogP contribution in [0.1, 0.15) is 19.8 Å². The van der Waals surface area contributed by atoms with Crippen LogP contribution >= 0.6 is 0 Å². The van der Waals surface area contributed by atoms with Crippen molar-refractivity contribution >= 4 is 12.0 Å². The molecule has 1 unspecified atom stereocenters. The minimum Gasteiger partial charge on any atom is -0.479 e. The molecule has 1 fully saturated rings. The average Bonchev–Trinajstić information content (AvgIpc) is 2.80. The van der Waals surface area contributed by atoms with Crippen LogP contribution < -0.4 is 10.6 Å². The van der Waals surface area contributed by atoms with E-state index in [1.807, 2.05) is 0 Å². The zero-order chi connectivity index (χ0) is 15.4. The highest BCUT2D eigenvalue weighted by Gasteiger charge is 2.58. The number of amides is 2. The highest BCUT2D eigenvalue weighted by molar-refractivity contribution is 5.86. The van der Waals surface area contributed by atoms with Gasteiger partial charge in [-0.3, -0.25) is 0 Å². The lowest BCUT2D eigenvalue weighted by Crippen LogP contribution is -2.63. The van der Waals surface area contributed by atoms with Crippen LogP contribution in [-0.2, 0) is 4.79 Å². The first-order valence-corrected chi connectivity index (χ1v) is 6.25. The van der Waals surface area contributed by atoms with Gasteiger partial charge in [-0.1, -0.05) is 0 Å². The quantitative estimate of drug-likeness (QED) is 0.700. The van der Waals surface area contributed by atoms with E-state index in [-0.39, 0.29) is 6.54 Å². The number of carbonyl (C=O) groups excluding carboxylic acids is 1. The smallest absolute Gasteiger partial charge is 0.422 e. The number of hydrogen-bond donors (Lipinski definition) is 3. The zero-order valence-corrected chi connectivity index (χ0v) is 11.1. The maximum absolute atomic E-state index is 12.7. The summed E-state index contributed by atoms with van der Waals surface area (Å²) in [7, 11) is 0. The third-order valence-electron chi connectivity index (χ3n) is 3.27. The van der Waals surface area contributed by atoms with Crippen LogP contribution in [0.25, 0.3) is 0 Å². The molecule has 1 atom stereocenters. The van der Waals surface area contributed by atoms with E-state index >= 15 is 0 Å². The molecule has 9 heteroatoms. The molecule has 0 aliphatic carbocycles. The lowest BCUT2D eigenvalue weighted by Gasteiger charge is -2.28. The summed E-state index contributed by atoms with van der Waals surface area (Å²) in [5, 5.41) is 12.3. The topological polar surface area (TPSA) is 81.7 Å². The first-order chi connectivity index (χ1) is 9.17. The van der Waals surface area contributed by atoms with Gasteiger partial charge in [0.05, 0.1) is 0 Å². The molecule has 0 bridgehead atoms. The lowest BCUT2D eigenvalue weighted by atomic mass is 10.0. The van der Waals surface area contributed by atoms with Crippen molar-refractivity contribution in [3.05, 3.63) is 0 Å². The van der Waals surface area contributed by atoms with E-state index in [4.69, 9.17) is 5.11 Å². The summed E-state index contributed by atoms with van der Waals surface area (Å²) < 4.78 is 38.0. The molecule has 2 amide bonds. The molecule has 1 saturated heterocycles. The van der Waals surface area contributed by atoms with Gasteiger partial charge in [0, 0.05) is 13.1 Å². The number of urea groups is 1. The second-order valence-corrected chi connectivity index (χ2v) is 4.86. The van der Waals surface area contributed by atoms with E-state index in [2.05, 4.69) is 10.2 Å². The van der Waals surface area contributed by atoms with Crippen molar-refractivity contribution in [2.24, 2.45) is 0 Å². The van der Waals surface area contributed by atoms with Gasteiger partial charge < -0.3 is 20.6 Å². The molecule has 1 aliphatic rings. The Morgan fingerprint density at radius 3 is 2.25 bits per heavy atom. The van der Waals surface area contributed by atoms with Gasteiger partial charge in [0.25, 0.3) is 0 Å². The van der Waals surface area contributed by atoms with Gasteiger partial charge in [-0.15, -0.1) is 0 Å². The van der Waals surface area contributed by atoms with Crippen LogP contribution in [0.15, 0.2) is 0 Å². The molecule has 1 aliphatic heterocycles. The van der Waals surface area contributed by atoms with Crippen LogP contribution in [-0.4, -0.2) is 59.9 Å². The Balaban J connectivity index is 2.44. The van der Waals surface area contributed by atoms with E-state index in [9.17, 15) is 22.8 Å². The van der Waals surface area contributed by atoms with Gasteiger partial charge in [-0.2, -0.15) is 13.2 Å². The van der Waals surface area contributed by atoms with Gasteiger partial charge in [0.2, 0.25) is 5.54 Å².